The zero-order chi connectivity index (χ0) is 15.7. The zero-order valence-electron chi connectivity index (χ0n) is 13.2. The highest BCUT2D eigenvalue weighted by atomic mass is 16.2. The van der Waals surface area contributed by atoms with Gasteiger partial charge in [0.2, 0.25) is 5.91 Å². The third-order valence-corrected chi connectivity index (χ3v) is 4.80. The molecule has 1 aromatic rings. The lowest BCUT2D eigenvalue weighted by molar-refractivity contribution is -0.134. The molecule has 0 bridgehead atoms. The number of hydrogen-bond acceptors (Lipinski definition) is 3. The molecule has 0 aliphatic carbocycles. The molecule has 1 amide bonds. The number of fused-ring (bicyclic) bond motifs is 1. The number of aryl methyl sites for hydroxylation is 1. The summed E-state index contributed by atoms with van der Waals surface area (Å²) in [6.07, 6.45) is 7.88. The van der Waals surface area contributed by atoms with Gasteiger partial charge in [0, 0.05) is 50.2 Å². The van der Waals surface area contributed by atoms with Crippen molar-refractivity contribution in [3.63, 3.8) is 0 Å². The van der Waals surface area contributed by atoms with E-state index in [1.165, 1.54) is 11.4 Å². The Balaban J connectivity index is 1.59. The van der Waals surface area contributed by atoms with E-state index in [0.29, 0.717) is 19.3 Å². The van der Waals surface area contributed by atoms with Crippen LogP contribution in [0.4, 0.5) is 0 Å². The van der Waals surface area contributed by atoms with Crippen molar-refractivity contribution in [1.29, 1.82) is 0 Å². The second-order valence-electron chi connectivity index (χ2n) is 6.20. The molecule has 0 radical (unpaired) electrons. The number of rotatable bonds is 5. The first-order valence-corrected chi connectivity index (χ1v) is 7.89. The molecule has 0 N–H and O–H groups in total. The lowest BCUT2D eigenvalue weighted by atomic mass is 10.0. The summed E-state index contributed by atoms with van der Waals surface area (Å²) < 4.78 is 2.30. The maximum atomic E-state index is 12.6. The Bertz CT molecular complexity index is 646. The van der Waals surface area contributed by atoms with Gasteiger partial charge in [-0.2, -0.15) is 10.2 Å². The number of amides is 1. The van der Waals surface area contributed by atoms with Gasteiger partial charge in [-0.3, -0.25) is 4.79 Å². The van der Waals surface area contributed by atoms with Crippen molar-refractivity contribution in [1.82, 2.24) is 9.47 Å². The minimum atomic E-state index is -0.363. The third kappa shape index (κ3) is 2.66. The van der Waals surface area contributed by atoms with Crippen LogP contribution in [-0.4, -0.2) is 27.6 Å². The number of carbonyl (C=O) groups excluding carboxylic acids is 1. The Morgan fingerprint density at radius 2 is 2.18 bits per heavy atom. The molecule has 0 fully saturated rings. The minimum Gasteiger partial charge on any atom is -0.345 e. The SMILES string of the molecule is C#CCCC1(CCC(=O)N2CCn3c(C)ccc3C2C)N=N1. The molecule has 2 aliphatic rings. The van der Waals surface area contributed by atoms with Gasteiger partial charge in [-0.15, -0.1) is 12.3 Å². The van der Waals surface area contributed by atoms with Crippen LogP contribution in [0.1, 0.15) is 50.0 Å². The third-order valence-electron chi connectivity index (χ3n) is 4.80. The van der Waals surface area contributed by atoms with E-state index in [2.05, 4.69) is 46.7 Å². The molecule has 0 spiro atoms. The lowest BCUT2D eigenvalue weighted by Crippen LogP contribution is -2.41. The molecule has 116 valence electrons. The van der Waals surface area contributed by atoms with Gasteiger partial charge in [0.1, 0.15) is 0 Å². The molecule has 0 aromatic carbocycles. The number of nitrogens with zero attached hydrogens (tertiary/aromatic N) is 4. The van der Waals surface area contributed by atoms with Gasteiger partial charge in [-0.25, -0.2) is 0 Å². The monoisotopic (exact) mass is 298 g/mol. The van der Waals surface area contributed by atoms with Crippen molar-refractivity contribution in [2.24, 2.45) is 10.2 Å². The Kier molecular flexibility index (Phi) is 3.78. The van der Waals surface area contributed by atoms with E-state index in [4.69, 9.17) is 6.42 Å². The van der Waals surface area contributed by atoms with E-state index in [0.717, 1.165) is 19.5 Å². The summed E-state index contributed by atoms with van der Waals surface area (Å²) in [5, 5.41) is 8.20. The summed E-state index contributed by atoms with van der Waals surface area (Å²) >= 11 is 0. The van der Waals surface area contributed by atoms with Gasteiger partial charge in [0.25, 0.3) is 0 Å². The van der Waals surface area contributed by atoms with Crippen LogP contribution in [0.25, 0.3) is 0 Å². The van der Waals surface area contributed by atoms with Gasteiger partial charge in [-0.05, 0) is 26.0 Å². The molecule has 3 rings (SSSR count). The summed E-state index contributed by atoms with van der Waals surface area (Å²) in [4.78, 5) is 14.5. The molecule has 0 saturated carbocycles. The molecule has 0 saturated heterocycles. The van der Waals surface area contributed by atoms with Crippen molar-refractivity contribution in [2.75, 3.05) is 6.54 Å². The Hall–Kier alpha value is -2.09. The molecule has 1 atom stereocenters. The van der Waals surface area contributed by atoms with E-state index in [-0.39, 0.29) is 17.6 Å². The number of hydrogen-bond donors (Lipinski definition) is 0. The molecule has 1 unspecified atom stereocenters. The first-order chi connectivity index (χ1) is 10.6. The maximum Gasteiger partial charge on any atom is 0.223 e. The maximum absolute atomic E-state index is 12.6. The lowest BCUT2D eigenvalue weighted by Gasteiger charge is -2.35. The highest BCUT2D eigenvalue weighted by molar-refractivity contribution is 5.77. The fourth-order valence-corrected chi connectivity index (χ4v) is 3.28. The standard InChI is InChI=1S/C17H22N4O/c1-4-5-9-17(18-19-17)10-8-16(22)21-12-11-20-13(2)6-7-15(20)14(21)3/h1,6-7,14H,5,8-12H2,2-3H3. The molecule has 1 aromatic heterocycles. The zero-order valence-corrected chi connectivity index (χ0v) is 13.2. The van der Waals surface area contributed by atoms with Crippen LogP contribution in [0.3, 0.4) is 0 Å². The second-order valence-corrected chi connectivity index (χ2v) is 6.20. The van der Waals surface area contributed by atoms with E-state index < -0.39 is 0 Å². The van der Waals surface area contributed by atoms with Crippen LogP contribution in [-0.2, 0) is 11.3 Å². The van der Waals surface area contributed by atoms with Crippen LogP contribution in [0.2, 0.25) is 0 Å². The van der Waals surface area contributed by atoms with Crippen molar-refractivity contribution in [3.8, 4) is 12.3 Å². The van der Waals surface area contributed by atoms with E-state index >= 15 is 0 Å². The molecule has 22 heavy (non-hydrogen) atoms. The predicted molar refractivity (Wildman–Crippen MR) is 84.2 cm³/mol. The van der Waals surface area contributed by atoms with Crippen LogP contribution in [0.15, 0.2) is 22.4 Å². The van der Waals surface area contributed by atoms with Crippen molar-refractivity contribution >= 4 is 5.91 Å². The van der Waals surface area contributed by atoms with Gasteiger partial charge >= 0.3 is 0 Å². The van der Waals surface area contributed by atoms with E-state index in [1.807, 2.05) is 4.90 Å². The molecular weight excluding hydrogens is 276 g/mol. The largest absolute Gasteiger partial charge is 0.345 e. The molecule has 5 nitrogen and oxygen atoms in total. The summed E-state index contributed by atoms with van der Waals surface area (Å²) in [5.41, 5.74) is 2.12. The van der Waals surface area contributed by atoms with E-state index in [9.17, 15) is 4.79 Å². The second kappa shape index (κ2) is 5.60. The summed E-state index contributed by atoms with van der Waals surface area (Å²) in [7, 11) is 0. The van der Waals surface area contributed by atoms with E-state index in [1.54, 1.807) is 0 Å². The summed E-state index contributed by atoms with van der Waals surface area (Å²) in [6, 6.07) is 4.38. The van der Waals surface area contributed by atoms with Crippen LogP contribution in [0.5, 0.6) is 0 Å². The fourth-order valence-electron chi connectivity index (χ4n) is 3.28. The Labute approximate surface area is 131 Å². The quantitative estimate of drug-likeness (QED) is 0.771. The Morgan fingerprint density at radius 3 is 2.86 bits per heavy atom. The predicted octanol–water partition coefficient (Wildman–Crippen LogP) is 3.06. The normalized spacial score (nSPS) is 21.3. The van der Waals surface area contributed by atoms with Crippen LogP contribution < -0.4 is 0 Å². The van der Waals surface area contributed by atoms with Gasteiger partial charge in [0.15, 0.2) is 5.66 Å². The number of aromatic nitrogens is 1. The average Bonchev–Trinajstić information content (AvgIpc) is 3.19. The summed E-state index contributed by atoms with van der Waals surface area (Å²) in [6.45, 7) is 5.86. The first-order valence-electron chi connectivity index (χ1n) is 7.89. The highest BCUT2D eigenvalue weighted by Crippen LogP contribution is 2.38. The fraction of sp³-hybridized carbons (Fsp3) is 0.588. The molecular formula is C17H22N4O. The van der Waals surface area contributed by atoms with Gasteiger partial charge < -0.3 is 9.47 Å². The topological polar surface area (TPSA) is 50.0 Å². The molecule has 5 heteroatoms. The van der Waals surface area contributed by atoms with Crippen LogP contribution >= 0.6 is 0 Å². The van der Waals surface area contributed by atoms with Crippen molar-refractivity contribution in [3.05, 3.63) is 23.5 Å². The smallest absolute Gasteiger partial charge is 0.223 e. The average molecular weight is 298 g/mol. The van der Waals surface area contributed by atoms with Crippen LogP contribution in [0, 0.1) is 19.3 Å². The number of terminal acetylenes is 1. The van der Waals surface area contributed by atoms with Gasteiger partial charge in [0.05, 0.1) is 6.04 Å². The molecule has 3 heterocycles. The highest BCUT2D eigenvalue weighted by Gasteiger charge is 2.40. The summed E-state index contributed by atoms with van der Waals surface area (Å²) in [5.74, 6) is 2.81. The molecule has 2 aliphatic heterocycles. The Morgan fingerprint density at radius 1 is 1.41 bits per heavy atom. The van der Waals surface area contributed by atoms with Crippen molar-refractivity contribution < 1.29 is 4.79 Å². The minimum absolute atomic E-state index is 0.129. The first kappa shape index (κ1) is 14.8. The van der Waals surface area contributed by atoms with Gasteiger partial charge in [-0.1, -0.05) is 0 Å². The van der Waals surface area contributed by atoms with Crippen molar-refractivity contribution in [2.45, 2.75) is 57.8 Å². The number of carbonyl (C=O) groups is 1.